The Morgan fingerprint density at radius 3 is 2.50 bits per heavy atom. The van der Waals surface area contributed by atoms with E-state index in [1.165, 1.54) is 11.1 Å². The first kappa shape index (κ1) is 14.7. The summed E-state index contributed by atoms with van der Waals surface area (Å²) in [6, 6.07) is 6.13. The molecule has 3 heteroatoms. The molecule has 0 radical (unpaired) electrons. The lowest BCUT2D eigenvalue weighted by molar-refractivity contribution is -0.122. The largest absolute Gasteiger partial charge is 0.349 e. The molecule has 0 bridgehead atoms. The van der Waals surface area contributed by atoms with E-state index >= 15 is 0 Å². The molecule has 1 aromatic rings. The third-order valence-electron chi connectivity index (χ3n) is 3.61. The molecule has 3 N–H and O–H groups in total. The lowest BCUT2D eigenvalue weighted by atomic mass is 9.98. The van der Waals surface area contributed by atoms with Crippen LogP contribution in [0.25, 0.3) is 0 Å². The van der Waals surface area contributed by atoms with Gasteiger partial charge < -0.3 is 11.1 Å². The number of hydrogen-bond acceptors (Lipinski definition) is 2. The second kappa shape index (κ2) is 6.01. The minimum absolute atomic E-state index is 0.0352. The van der Waals surface area contributed by atoms with E-state index in [0.717, 1.165) is 12.0 Å². The van der Waals surface area contributed by atoms with Gasteiger partial charge in [0.05, 0.1) is 6.42 Å². The van der Waals surface area contributed by atoms with Gasteiger partial charge in [-0.15, -0.1) is 0 Å². The van der Waals surface area contributed by atoms with Crippen molar-refractivity contribution in [1.29, 1.82) is 0 Å². The Balaban J connectivity index is 2.67. The number of rotatable bonds is 5. The summed E-state index contributed by atoms with van der Waals surface area (Å²) < 4.78 is 0. The van der Waals surface area contributed by atoms with Gasteiger partial charge in [-0.2, -0.15) is 0 Å². The standard InChI is InChI=1S/C15H24N2O/c1-5-15(4,10-16)17-14(18)9-13-7-6-11(2)12(3)8-13/h6-8H,5,9-10,16H2,1-4H3,(H,17,18). The zero-order valence-corrected chi connectivity index (χ0v) is 11.8. The van der Waals surface area contributed by atoms with E-state index in [2.05, 4.69) is 31.3 Å². The van der Waals surface area contributed by atoms with Crippen molar-refractivity contribution in [3.63, 3.8) is 0 Å². The molecule has 1 unspecified atom stereocenters. The maximum absolute atomic E-state index is 12.0. The Hall–Kier alpha value is -1.35. The predicted octanol–water partition coefficient (Wildman–Crippen LogP) is 2.09. The molecule has 3 nitrogen and oxygen atoms in total. The summed E-state index contributed by atoms with van der Waals surface area (Å²) in [6.07, 6.45) is 1.25. The minimum Gasteiger partial charge on any atom is -0.349 e. The summed E-state index contributed by atoms with van der Waals surface area (Å²) in [5, 5.41) is 3.01. The zero-order valence-electron chi connectivity index (χ0n) is 11.8. The van der Waals surface area contributed by atoms with Crippen LogP contribution in [0.1, 0.15) is 37.0 Å². The molecule has 0 spiro atoms. The van der Waals surface area contributed by atoms with E-state index < -0.39 is 0 Å². The van der Waals surface area contributed by atoms with Gasteiger partial charge in [0, 0.05) is 12.1 Å². The number of carbonyl (C=O) groups is 1. The third kappa shape index (κ3) is 3.84. The Morgan fingerprint density at radius 1 is 1.33 bits per heavy atom. The van der Waals surface area contributed by atoms with E-state index in [4.69, 9.17) is 5.73 Å². The van der Waals surface area contributed by atoms with Crippen molar-refractivity contribution in [2.45, 2.75) is 46.1 Å². The van der Waals surface area contributed by atoms with Crippen LogP contribution in [-0.4, -0.2) is 18.0 Å². The molecule has 0 aromatic heterocycles. The zero-order chi connectivity index (χ0) is 13.8. The minimum atomic E-state index is -0.295. The molecule has 18 heavy (non-hydrogen) atoms. The van der Waals surface area contributed by atoms with Gasteiger partial charge in [0.15, 0.2) is 0 Å². The number of hydrogen-bond donors (Lipinski definition) is 2. The quantitative estimate of drug-likeness (QED) is 0.838. The molecular weight excluding hydrogens is 224 g/mol. The molecule has 1 amide bonds. The molecule has 0 aliphatic carbocycles. The van der Waals surface area contributed by atoms with Crippen LogP contribution in [0.15, 0.2) is 18.2 Å². The maximum Gasteiger partial charge on any atom is 0.224 e. The molecular formula is C15H24N2O. The number of nitrogens with two attached hydrogens (primary N) is 1. The lowest BCUT2D eigenvalue weighted by Crippen LogP contribution is -2.51. The first-order valence-corrected chi connectivity index (χ1v) is 6.47. The summed E-state index contributed by atoms with van der Waals surface area (Å²) in [5.41, 5.74) is 8.91. The van der Waals surface area contributed by atoms with Crippen molar-refractivity contribution in [2.24, 2.45) is 5.73 Å². The highest BCUT2D eigenvalue weighted by atomic mass is 16.1. The molecule has 0 aliphatic rings. The van der Waals surface area contributed by atoms with E-state index in [1.807, 2.05) is 19.9 Å². The number of nitrogens with one attached hydrogen (secondary N) is 1. The van der Waals surface area contributed by atoms with Gasteiger partial charge in [-0.3, -0.25) is 4.79 Å². The van der Waals surface area contributed by atoms with Crippen LogP contribution >= 0.6 is 0 Å². The van der Waals surface area contributed by atoms with Crippen molar-refractivity contribution in [2.75, 3.05) is 6.54 Å². The van der Waals surface area contributed by atoms with Gasteiger partial charge in [-0.1, -0.05) is 25.1 Å². The normalized spacial score (nSPS) is 14.1. The Labute approximate surface area is 110 Å². The van der Waals surface area contributed by atoms with Crippen molar-refractivity contribution >= 4 is 5.91 Å². The average molecular weight is 248 g/mol. The molecule has 1 aromatic carbocycles. The predicted molar refractivity (Wildman–Crippen MR) is 75.5 cm³/mol. The van der Waals surface area contributed by atoms with E-state index in [1.54, 1.807) is 0 Å². The molecule has 0 heterocycles. The molecule has 1 rings (SSSR count). The van der Waals surface area contributed by atoms with Crippen LogP contribution < -0.4 is 11.1 Å². The highest BCUT2D eigenvalue weighted by Gasteiger charge is 2.22. The molecule has 0 fully saturated rings. The summed E-state index contributed by atoms with van der Waals surface area (Å²) in [4.78, 5) is 12.0. The van der Waals surface area contributed by atoms with Crippen LogP contribution in [0.5, 0.6) is 0 Å². The van der Waals surface area contributed by atoms with E-state index in [0.29, 0.717) is 13.0 Å². The first-order chi connectivity index (χ1) is 8.40. The Bertz CT molecular complexity index is 423. The SMILES string of the molecule is CCC(C)(CN)NC(=O)Cc1ccc(C)c(C)c1. The van der Waals surface area contributed by atoms with E-state index in [-0.39, 0.29) is 11.4 Å². The van der Waals surface area contributed by atoms with Gasteiger partial charge >= 0.3 is 0 Å². The second-order valence-corrected chi connectivity index (χ2v) is 5.26. The maximum atomic E-state index is 12.0. The number of carbonyl (C=O) groups excluding carboxylic acids is 1. The molecule has 1 atom stereocenters. The van der Waals surface area contributed by atoms with Crippen molar-refractivity contribution in [1.82, 2.24) is 5.32 Å². The van der Waals surface area contributed by atoms with Crippen LogP contribution in [0.3, 0.4) is 0 Å². The summed E-state index contributed by atoms with van der Waals surface area (Å²) in [5.74, 6) is 0.0352. The number of amides is 1. The fourth-order valence-electron chi connectivity index (χ4n) is 1.76. The molecule has 0 saturated carbocycles. The number of benzene rings is 1. The van der Waals surface area contributed by atoms with Crippen LogP contribution in [0, 0.1) is 13.8 Å². The van der Waals surface area contributed by atoms with Crippen LogP contribution in [-0.2, 0) is 11.2 Å². The molecule has 0 saturated heterocycles. The van der Waals surface area contributed by atoms with Crippen molar-refractivity contribution < 1.29 is 4.79 Å². The smallest absolute Gasteiger partial charge is 0.224 e. The van der Waals surface area contributed by atoms with Gasteiger partial charge in [0.2, 0.25) is 5.91 Å². The topological polar surface area (TPSA) is 55.1 Å². The fraction of sp³-hybridized carbons (Fsp3) is 0.533. The van der Waals surface area contributed by atoms with Crippen LogP contribution in [0.2, 0.25) is 0 Å². The highest BCUT2D eigenvalue weighted by molar-refractivity contribution is 5.79. The lowest BCUT2D eigenvalue weighted by Gasteiger charge is -2.28. The highest BCUT2D eigenvalue weighted by Crippen LogP contribution is 2.12. The number of aryl methyl sites for hydroxylation is 2. The Morgan fingerprint density at radius 2 is 2.00 bits per heavy atom. The van der Waals surface area contributed by atoms with Gasteiger partial charge in [0.25, 0.3) is 0 Å². The van der Waals surface area contributed by atoms with Crippen molar-refractivity contribution in [3.8, 4) is 0 Å². The van der Waals surface area contributed by atoms with Gasteiger partial charge in [-0.25, -0.2) is 0 Å². The fourth-order valence-corrected chi connectivity index (χ4v) is 1.76. The first-order valence-electron chi connectivity index (χ1n) is 6.47. The summed E-state index contributed by atoms with van der Waals surface area (Å²) >= 11 is 0. The average Bonchev–Trinajstić information content (AvgIpc) is 2.33. The van der Waals surface area contributed by atoms with Gasteiger partial charge in [0.1, 0.15) is 0 Å². The third-order valence-corrected chi connectivity index (χ3v) is 3.61. The van der Waals surface area contributed by atoms with Crippen molar-refractivity contribution in [3.05, 3.63) is 34.9 Å². The van der Waals surface area contributed by atoms with Gasteiger partial charge in [-0.05, 0) is 43.9 Å². The van der Waals surface area contributed by atoms with Crippen LogP contribution in [0.4, 0.5) is 0 Å². The van der Waals surface area contributed by atoms with E-state index in [9.17, 15) is 4.79 Å². The second-order valence-electron chi connectivity index (χ2n) is 5.26. The molecule has 100 valence electrons. The Kier molecular flexibility index (Phi) is 4.91. The summed E-state index contributed by atoms with van der Waals surface area (Å²) in [6.45, 7) is 8.60. The molecule has 0 aliphatic heterocycles. The monoisotopic (exact) mass is 248 g/mol. The summed E-state index contributed by atoms with van der Waals surface area (Å²) in [7, 11) is 0.